The number of carbonyl (C=O) groups is 1. The van der Waals surface area contributed by atoms with Gasteiger partial charge >= 0.3 is 6.03 Å². The van der Waals surface area contributed by atoms with Crippen molar-refractivity contribution in [2.75, 3.05) is 19.8 Å². The average Bonchev–Trinajstić information content (AvgIpc) is 2.90. The summed E-state index contributed by atoms with van der Waals surface area (Å²) in [5.74, 6) is 0.587. The zero-order chi connectivity index (χ0) is 11.2. The standard InChI is InChI=1S/C9H14N4O3/c14-9(12-7-2-4-15-5-7)10-3-1-8-11-6-16-13-8/h6-7H,1-5H2,(H2,10,12,14). The molecular formula is C9H14N4O3. The SMILES string of the molecule is O=C(NCCc1ncon1)NC1CCOC1. The molecule has 1 aliphatic heterocycles. The Morgan fingerprint density at radius 3 is 3.25 bits per heavy atom. The third-order valence-electron chi connectivity index (χ3n) is 2.31. The lowest BCUT2D eigenvalue weighted by Crippen LogP contribution is -2.43. The minimum atomic E-state index is -0.181. The van der Waals surface area contributed by atoms with Crippen LogP contribution in [0, 0.1) is 0 Å². The molecule has 1 fully saturated rings. The van der Waals surface area contributed by atoms with Gasteiger partial charge in [-0.2, -0.15) is 4.98 Å². The summed E-state index contributed by atoms with van der Waals surface area (Å²) in [6.45, 7) is 1.80. The van der Waals surface area contributed by atoms with E-state index in [0.717, 1.165) is 6.42 Å². The second-order valence-electron chi connectivity index (χ2n) is 3.56. The Bertz CT molecular complexity index is 322. The lowest BCUT2D eigenvalue weighted by Gasteiger charge is -2.10. The van der Waals surface area contributed by atoms with Crippen molar-refractivity contribution < 1.29 is 14.1 Å². The van der Waals surface area contributed by atoms with Crippen molar-refractivity contribution in [1.82, 2.24) is 20.8 Å². The van der Waals surface area contributed by atoms with Gasteiger partial charge in [0.15, 0.2) is 5.82 Å². The van der Waals surface area contributed by atoms with Gasteiger partial charge in [0.05, 0.1) is 12.6 Å². The van der Waals surface area contributed by atoms with E-state index in [1.807, 2.05) is 0 Å². The van der Waals surface area contributed by atoms with Gasteiger partial charge in [-0.3, -0.25) is 0 Å². The Labute approximate surface area is 92.5 Å². The molecule has 2 amide bonds. The summed E-state index contributed by atoms with van der Waals surface area (Å²) in [6, 6.07) is -0.0517. The average molecular weight is 226 g/mol. The molecule has 1 atom stereocenters. The van der Waals surface area contributed by atoms with Gasteiger partial charge in [0, 0.05) is 19.6 Å². The van der Waals surface area contributed by atoms with Gasteiger partial charge in [-0.15, -0.1) is 0 Å². The number of carbonyl (C=O) groups excluding carboxylic acids is 1. The summed E-state index contributed by atoms with van der Waals surface area (Å²) in [5.41, 5.74) is 0. The number of hydrogen-bond acceptors (Lipinski definition) is 5. The van der Waals surface area contributed by atoms with Crippen molar-refractivity contribution in [3.63, 3.8) is 0 Å². The Morgan fingerprint density at radius 2 is 2.56 bits per heavy atom. The molecular weight excluding hydrogens is 212 g/mol. The lowest BCUT2D eigenvalue weighted by atomic mass is 10.3. The fraction of sp³-hybridized carbons (Fsp3) is 0.667. The maximum Gasteiger partial charge on any atom is 0.315 e. The topological polar surface area (TPSA) is 89.3 Å². The van der Waals surface area contributed by atoms with Crippen LogP contribution in [0.15, 0.2) is 10.9 Å². The van der Waals surface area contributed by atoms with E-state index in [0.29, 0.717) is 32.0 Å². The highest BCUT2D eigenvalue weighted by Crippen LogP contribution is 2.02. The summed E-state index contributed by atoms with van der Waals surface area (Å²) in [4.78, 5) is 15.2. The van der Waals surface area contributed by atoms with Crippen LogP contribution in [-0.4, -0.2) is 42.0 Å². The molecule has 7 nitrogen and oxygen atoms in total. The van der Waals surface area contributed by atoms with E-state index in [1.54, 1.807) is 0 Å². The van der Waals surface area contributed by atoms with Crippen LogP contribution in [0.3, 0.4) is 0 Å². The number of hydrogen-bond donors (Lipinski definition) is 2. The number of rotatable bonds is 4. The van der Waals surface area contributed by atoms with E-state index in [9.17, 15) is 4.79 Å². The van der Waals surface area contributed by atoms with Gasteiger partial charge in [-0.05, 0) is 6.42 Å². The maximum atomic E-state index is 11.4. The van der Waals surface area contributed by atoms with Crippen LogP contribution in [0.25, 0.3) is 0 Å². The Morgan fingerprint density at radius 1 is 1.62 bits per heavy atom. The summed E-state index contributed by atoms with van der Waals surface area (Å²) < 4.78 is 9.72. The third kappa shape index (κ3) is 3.20. The van der Waals surface area contributed by atoms with Crippen molar-refractivity contribution >= 4 is 6.03 Å². The van der Waals surface area contributed by atoms with E-state index >= 15 is 0 Å². The van der Waals surface area contributed by atoms with E-state index in [2.05, 4.69) is 25.3 Å². The smallest absolute Gasteiger partial charge is 0.315 e. The van der Waals surface area contributed by atoms with Crippen LogP contribution in [0.2, 0.25) is 0 Å². The van der Waals surface area contributed by atoms with Gasteiger partial charge in [0.1, 0.15) is 0 Å². The Hall–Kier alpha value is -1.63. The highest BCUT2D eigenvalue weighted by molar-refractivity contribution is 5.74. The molecule has 7 heteroatoms. The van der Waals surface area contributed by atoms with Gasteiger partial charge in [-0.1, -0.05) is 5.16 Å². The quantitative estimate of drug-likeness (QED) is 0.735. The number of nitrogens with one attached hydrogen (secondary N) is 2. The fourth-order valence-electron chi connectivity index (χ4n) is 1.48. The zero-order valence-electron chi connectivity index (χ0n) is 8.81. The first-order chi connectivity index (χ1) is 7.84. The molecule has 0 aromatic carbocycles. The second-order valence-corrected chi connectivity index (χ2v) is 3.56. The normalized spacial score (nSPS) is 19.6. The highest BCUT2D eigenvalue weighted by atomic mass is 16.5. The van der Waals surface area contributed by atoms with E-state index < -0.39 is 0 Å². The first kappa shape index (κ1) is 10.9. The first-order valence-electron chi connectivity index (χ1n) is 5.22. The van der Waals surface area contributed by atoms with Crippen LogP contribution >= 0.6 is 0 Å². The molecule has 1 unspecified atom stereocenters. The molecule has 0 bridgehead atoms. The molecule has 1 aromatic rings. The van der Waals surface area contributed by atoms with Gasteiger partial charge < -0.3 is 19.9 Å². The number of aromatic nitrogens is 2. The minimum Gasteiger partial charge on any atom is -0.379 e. The molecule has 16 heavy (non-hydrogen) atoms. The summed E-state index contributed by atoms with van der Waals surface area (Å²) in [6.07, 6.45) is 2.70. The van der Waals surface area contributed by atoms with Crippen molar-refractivity contribution in [3.8, 4) is 0 Å². The van der Waals surface area contributed by atoms with E-state index in [-0.39, 0.29) is 12.1 Å². The van der Waals surface area contributed by atoms with Crippen LogP contribution in [0.1, 0.15) is 12.2 Å². The molecule has 2 N–H and O–H groups in total. The van der Waals surface area contributed by atoms with Gasteiger partial charge in [0.2, 0.25) is 6.39 Å². The maximum absolute atomic E-state index is 11.4. The monoisotopic (exact) mass is 226 g/mol. The van der Waals surface area contributed by atoms with Crippen molar-refractivity contribution in [2.45, 2.75) is 18.9 Å². The summed E-state index contributed by atoms with van der Waals surface area (Å²) >= 11 is 0. The molecule has 88 valence electrons. The largest absolute Gasteiger partial charge is 0.379 e. The van der Waals surface area contributed by atoms with Crippen LogP contribution in [0.4, 0.5) is 4.79 Å². The molecule has 0 radical (unpaired) electrons. The molecule has 0 saturated carbocycles. The number of ether oxygens (including phenoxy) is 1. The summed E-state index contributed by atoms with van der Waals surface area (Å²) in [7, 11) is 0. The van der Waals surface area contributed by atoms with Gasteiger partial charge in [-0.25, -0.2) is 4.79 Å². The molecule has 0 aliphatic carbocycles. The number of urea groups is 1. The molecule has 1 saturated heterocycles. The minimum absolute atomic E-state index is 0.130. The highest BCUT2D eigenvalue weighted by Gasteiger charge is 2.17. The fourth-order valence-corrected chi connectivity index (χ4v) is 1.48. The van der Waals surface area contributed by atoms with Gasteiger partial charge in [0.25, 0.3) is 0 Å². The zero-order valence-corrected chi connectivity index (χ0v) is 8.81. The molecule has 1 aromatic heterocycles. The first-order valence-corrected chi connectivity index (χ1v) is 5.22. The van der Waals surface area contributed by atoms with E-state index in [1.165, 1.54) is 6.39 Å². The molecule has 1 aliphatic rings. The number of amides is 2. The van der Waals surface area contributed by atoms with Crippen LogP contribution < -0.4 is 10.6 Å². The number of nitrogens with zero attached hydrogens (tertiary/aromatic N) is 2. The molecule has 2 heterocycles. The summed E-state index contributed by atoms with van der Waals surface area (Å²) in [5, 5.41) is 9.18. The van der Waals surface area contributed by atoms with Crippen LogP contribution in [-0.2, 0) is 11.2 Å². The van der Waals surface area contributed by atoms with Crippen molar-refractivity contribution in [2.24, 2.45) is 0 Å². The van der Waals surface area contributed by atoms with Crippen molar-refractivity contribution in [1.29, 1.82) is 0 Å². The molecule has 2 rings (SSSR count). The van der Waals surface area contributed by atoms with E-state index in [4.69, 9.17) is 4.74 Å². The van der Waals surface area contributed by atoms with Crippen molar-refractivity contribution in [3.05, 3.63) is 12.2 Å². The second kappa shape index (κ2) is 5.45. The Balaban J connectivity index is 1.60. The van der Waals surface area contributed by atoms with Crippen LogP contribution in [0.5, 0.6) is 0 Å². The molecule has 0 spiro atoms. The lowest BCUT2D eigenvalue weighted by molar-refractivity contribution is 0.188. The third-order valence-corrected chi connectivity index (χ3v) is 2.31. The predicted octanol–water partition coefficient (Wildman–Crippen LogP) is -0.300. The predicted molar refractivity (Wildman–Crippen MR) is 53.8 cm³/mol. The Kier molecular flexibility index (Phi) is 3.71.